The molecule has 0 fully saturated rings. The molecule has 0 unspecified atom stereocenters. The number of anilines is 1. The van der Waals surface area contributed by atoms with Gasteiger partial charge in [-0.05, 0) is 30.3 Å². The lowest BCUT2D eigenvalue weighted by Gasteiger charge is -2.11. The van der Waals surface area contributed by atoms with Crippen LogP contribution in [0.2, 0.25) is 0 Å². The van der Waals surface area contributed by atoms with Gasteiger partial charge in [-0.1, -0.05) is 0 Å². The Morgan fingerprint density at radius 1 is 1.21 bits per heavy atom. The molecule has 0 radical (unpaired) electrons. The van der Waals surface area contributed by atoms with Crippen molar-refractivity contribution < 1.29 is 22.9 Å². The number of ether oxygens (including phenoxy) is 1. The van der Waals surface area contributed by atoms with Crippen LogP contribution in [0.4, 0.5) is 11.4 Å². The Morgan fingerprint density at radius 2 is 1.83 bits per heavy atom. The predicted molar refractivity (Wildman–Crippen MR) is 85.4 cm³/mol. The zero-order valence-electron chi connectivity index (χ0n) is 12.4. The average molecular weight is 351 g/mol. The van der Waals surface area contributed by atoms with E-state index in [1.54, 1.807) is 0 Å². The van der Waals surface area contributed by atoms with Crippen molar-refractivity contribution in [3.63, 3.8) is 0 Å². The second kappa shape index (κ2) is 6.64. The number of nitrogens with two attached hydrogens (primary N) is 1. The van der Waals surface area contributed by atoms with E-state index in [4.69, 9.17) is 9.88 Å². The van der Waals surface area contributed by atoms with Crippen LogP contribution in [0.3, 0.4) is 0 Å². The lowest BCUT2D eigenvalue weighted by Crippen LogP contribution is -2.15. The fourth-order valence-electron chi connectivity index (χ4n) is 1.89. The molecule has 0 saturated carbocycles. The number of carbonyl (C=O) groups is 1. The number of nitro groups is 1. The van der Waals surface area contributed by atoms with Crippen LogP contribution in [-0.4, -0.2) is 26.4 Å². The first-order valence-corrected chi connectivity index (χ1v) is 8.03. The molecule has 2 aromatic carbocycles. The van der Waals surface area contributed by atoms with Crippen molar-refractivity contribution in [1.29, 1.82) is 0 Å². The lowest BCUT2D eigenvalue weighted by molar-refractivity contribution is -0.384. The summed E-state index contributed by atoms with van der Waals surface area (Å²) in [5, 5.41) is 18.2. The summed E-state index contributed by atoms with van der Waals surface area (Å²) < 4.78 is 27.9. The minimum atomic E-state index is -3.95. The number of rotatable bonds is 5. The smallest absolute Gasteiger partial charge is 0.269 e. The first-order valence-electron chi connectivity index (χ1n) is 6.49. The molecule has 2 rings (SSSR count). The van der Waals surface area contributed by atoms with Gasteiger partial charge in [-0.15, -0.1) is 0 Å². The minimum absolute atomic E-state index is 0.104. The van der Waals surface area contributed by atoms with E-state index in [0.717, 1.165) is 6.07 Å². The zero-order valence-corrected chi connectivity index (χ0v) is 13.2. The van der Waals surface area contributed by atoms with E-state index in [-0.39, 0.29) is 27.6 Å². The van der Waals surface area contributed by atoms with Crippen molar-refractivity contribution in [3.8, 4) is 5.75 Å². The van der Waals surface area contributed by atoms with E-state index < -0.39 is 20.9 Å². The Kier molecular flexibility index (Phi) is 4.81. The molecule has 1 amide bonds. The Labute approximate surface area is 137 Å². The van der Waals surface area contributed by atoms with Crippen molar-refractivity contribution >= 4 is 27.3 Å². The highest BCUT2D eigenvalue weighted by Gasteiger charge is 2.15. The summed E-state index contributed by atoms with van der Waals surface area (Å²) in [5.74, 6) is -0.354. The van der Waals surface area contributed by atoms with E-state index in [0.29, 0.717) is 0 Å². The molecule has 0 aliphatic heterocycles. The fourth-order valence-corrected chi connectivity index (χ4v) is 2.43. The number of methoxy groups -OCH3 is 1. The maximum Gasteiger partial charge on any atom is 0.269 e. The van der Waals surface area contributed by atoms with Gasteiger partial charge in [-0.2, -0.15) is 0 Å². The highest BCUT2D eigenvalue weighted by molar-refractivity contribution is 7.89. The van der Waals surface area contributed by atoms with E-state index in [1.165, 1.54) is 43.5 Å². The Bertz CT molecular complexity index is 893. The predicted octanol–water partition coefficient (Wildman–Crippen LogP) is 1.50. The quantitative estimate of drug-likeness (QED) is 0.617. The molecule has 10 heteroatoms. The van der Waals surface area contributed by atoms with Crippen molar-refractivity contribution in [2.45, 2.75) is 4.90 Å². The number of primary sulfonamides is 1. The van der Waals surface area contributed by atoms with Crippen LogP contribution in [0.1, 0.15) is 10.4 Å². The Morgan fingerprint density at radius 3 is 2.33 bits per heavy atom. The number of benzene rings is 2. The molecule has 3 N–H and O–H groups in total. The number of hydrogen-bond acceptors (Lipinski definition) is 6. The molecule has 0 heterocycles. The molecular formula is C14H13N3O6S. The summed E-state index contributed by atoms with van der Waals surface area (Å²) in [4.78, 5) is 22.0. The molecule has 0 saturated heterocycles. The van der Waals surface area contributed by atoms with Crippen molar-refractivity contribution in [2.24, 2.45) is 5.14 Å². The number of hydrogen-bond donors (Lipinski definition) is 2. The van der Waals surface area contributed by atoms with Gasteiger partial charge in [0, 0.05) is 17.7 Å². The van der Waals surface area contributed by atoms with Gasteiger partial charge in [-0.25, -0.2) is 13.6 Å². The summed E-state index contributed by atoms with van der Waals surface area (Å²) in [6, 6.07) is 8.70. The Hall–Kier alpha value is -2.98. The van der Waals surface area contributed by atoms with Gasteiger partial charge < -0.3 is 10.1 Å². The highest BCUT2D eigenvalue weighted by atomic mass is 32.2. The van der Waals surface area contributed by atoms with Gasteiger partial charge in [0.05, 0.1) is 22.6 Å². The zero-order chi connectivity index (χ0) is 17.9. The summed E-state index contributed by atoms with van der Waals surface area (Å²) in [5.41, 5.74) is 0.108. The third-order valence-electron chi connectivity index (χ3n) is 3.09. The normalized spacial score (nSPS) is 10.9. The van der Waals surface area contributed by atoms with Gasteiger partial charge >= 0.3 is 0 Å². The lowest BCUT2D eigenvalue weighted by atomic mass is 10.2. The molecule has 2 aromatic rings. The van der Waals surface area contributed by atoms with E-state index in [2.05, 4.69) is 5.32 Å². The molecule has 0 bridgehead atoms. The van der Waals surface area contributed by atoms with Crippen LogP contribution < -0.4 is 15.2 Å². The number of carbonyl (C=O) groups excluding carboxylic acids is 1. The number of non-ortho nitro benzene ring substituents is 1. The fraction of sp³-hybridized carbons (Fsp3) is 0.0714. The third kappa shape index (κ3) is 3.86. The number of amides is 1. The monoisotopic (exact) mass is 351 g/mol. The summed E-state index contributed by atoms with van der Waals surface area (Å²) in [6.07, 6.45) is 0. The van der Waals surface area contributed by atoms with Crippen molar-refractivity contribution in [2.75, 3.05) is 12.4 Å². The number of nitrogens with one attached hydrogen (secondary N) is 1. The molecule has 24 heavy (non-hydrogen) atoms. The van der Waals surface area contributed by atoms with Gasteiger partial charge in [0.1, 0.15) is 5.75 Å². The summed E-state index contributed by atoms with van der Waals surface area (Å²) in [6.45, 7) is 0. The van der Waals surface area contributed by atoms with Crippen LogP contribution in [0, 0.1) is 10.1 Å². The molecule has 0 atom stereocenters. The van der Waals surface area contributed by atoms with Crippen LogP contribution >= 0.6 is 0 Å². The topological polar surface area (TPSA) is 142 Å². The second-order valence-corrected chi connectivity index (χ2v) is 6.23. The SMILES string of the molecule is COc1ccc(S(N)(=O)=O)cc1NC(=O)c1ccc([N+](=O)[O-])cc1. The Balaban J connectivity index is 2.32. The van der Waals surface area contributed by atoms with Crippen molar-refractivity contribution in [1.82, 2.24) is 0 Å². The summed E-state index contributed by atoms with van der Waals surface area (Å²) >= 11 is 0. The van der Waals surface area contributed by atoms with E-state index in [9.17, 15) is 23.3 Å². The maximum atomic E-state index is 12.2. The van der Waals surface area contributed by atoms with Gasteiger partial charge in [0.15, 0.2) is 0 Å². The molecular weight excluding hydrogens is 338 g/mol. The number of nitro benzene ring substituents is 1. The second-order valence-electron chi connectivity index (χ2n) is 4.67. The molecule has 9 nitrogen and oxygen atoms in total. The van der Waals surface area contributed by atoms with E-state index in [1.807, 2.05) is 0 Å². The average Bonchev–Trinajstić information content (AvgIpc) is 2.54. The van der Waals surface area contributed by atoms with Crippen LogP contribution in [0.5, 0.6) is 5.75 Å². The molecule has 0 aromatic heterocycles. The molecule has 126 valence electrons. The minimum Gasteiger partial charge on any atom is -0.495 e. The molecule has 0 aliphatic carbocycles. The highest BCUT2D eigenvalue weighted by Crippen LogP contribution is 2.27. The molecule has 0 aliphatic rings. The largest absolute Gasteiger partial charge is 0.495 e. The number of sulfonamides is 1. The first-order chi connectivity index (χ1) is 11.2. The first kappa shape index (κ1) is 17.4. The standard InChI is InChI=1S/C14H13N3O6S/c1-23-13-7-6-11(24(15,21)22)8-12(13)16-14(18)9-2-4-10(5-3-9)17(19)20/h2-8H,1H3,(H,16,18)(H2,15,21,22). The number of nitrogens with zero attached hydrogens (tertiary/aromatic N) is 1. The third-order valence-corrected chi connectivity index (χ3v) is 4.00. The van der Waals surface area contributed by atoms with Crippen LogP contribution in [0.15, 0.2) is 47.4 Å². The van der Waals surface area contributed by atoms with E-state index >= 15 is 0 Å². The summed E-state index contributed by atoms with van der Waals surface area (Å²) in [7, 11) is -2.59. The molecule has 0 spiro atoms. The maximum absolute atomic E-state index is 12.2. The van der Waals surface area contributed by atoms with Crippen LogP contribution in [0.25, 0.3) is 0 Å². The van der Waals surface area contributed by atoms with Gasteiger partial charge in [-0.3, -0.25) is 14.9 Å². The van der Waals surface area contributed by atoms with Crippen LogP contribution in [-0.2, 0) is 10.0 Å². The van der Waals surface area contributed by atoms with Crippen molar-refractivity contribution in [3.05, 3.63) is 58.1 Å². The van der Waals surface area contributed by atoms with Gasteiger partial charge in [0.2, 0.25) is 10.0 Å². The van der Waals surface area contributed by atoms with Gasteiger partial charge in [0.25, 0.3) is 11.6 Å².